The van der Waals surface area contributed by atoms with Crippen molar-refractivity contribution in [3.8, 4) is 12.3 Å². The van der Waals surface area contributed by atoms with Gasteiger partial charge in [-0.25, -0.2) is 4.79 Å². The summed E-state index contributed by atoms with van der Waals surface area (Å²) in [5, 5.41) is 12.0. The molecule has 0 radical (unpaired) electrons. The lowest BCUT2D eigenvalue weighted by atomic mass is 9.99. The minimum atomic E-state index is -1.38. The Morgan fingerprint density at radius 3 is 2.87 bits per heavy atom. The fourth-order valence-corrected chi connectivity index (χ4v) is 3.90. The van der Waals surface area contributed by atoms with Crippen molar-refractivity contribution in [1.82, 2.24) is 4.57 Å². The van der Waals surface area contributed by atoms with E-state index in [4.69, 9.17) is 38.0 Å². The van der Waals surface area contributed by atoms with E-state index in [0.717, 1.165) is 10.9 Å². The van der Waals surface area contributed by atoms with Gasteiger partial charge in [0.15, 0.2) is 12.4 Å². The van der Waals surface area contributed by atoms with Crippen molar-refractivity contribution in [2.24, 2.45) is 0 Å². The Hall–Kier alpha value is -3.02. The van der Waals surface area contributed by atoms with E-state index in [1.165, 1.54) is 0 Å². The average molecular weight is 441 g/mol. The van der Waals surface area contributed by atoms with Gasteiger partial charge in [0.25, 0.3) is 0 Å². The molecule has 4 rings (SSSR count). The number of nitrogens with zero attached hydrogens (tertiary/aromatic N) is 1. The van der Waals surface area contributed by atoms with Crippen LogP contribution in [0.4, 0.5) is 5.69 Å². The predicted molar refractivity (Wildman–Crippen MR) is 116 cm³/mol. The van der Waals surface area contributed by atoms with Crippen molar-refractivity contribution in [2.75, 3.05) is 19.1 Å². The number of benzene rings is 2. The molecular formula is C23H21ClN2O5. The summed E-state index contributed by atoms with van der Waals surface area (Å²) >= 11 is 6.15. The number of halogens is 1. The summed E-state index contributed by atoms with van der Waals surface area (Å²) in [4.78, 5) is 12.0. The molecule has 0 unspecified atom stereocenters. The predicted octanol–water partition coefficient (Wildman–Crippen LogP) is 3.36. The molecule has 1 saturated heterocycles. The van der Waals surface area contributed by atoms with Gasteiger partial charge >= 0.3 is 5.97 Å². The van der Waals surface area contributed by atoms with Crippen LogP contribution >= 0.6 is 11.6 Å². The molecule has 7 nitrogen and oxygen atoms in total. The number of aromatic nitrogens is 1. The second-order valence-electron chi connectivity index (χ2n) is 7.27. The number of aliphatic hydroxyl groups excluding tert-OH is 1. The van der Waals surface area contributed by atoms with Gasteiger partial charge in [0.1, 0.15) is 12.3 Å². The molecule has 8 heteroatoms. The zero-order chi connectivity index (χ0) is 22.0. The SMILES string of the molecule is C#C[C@]1(COCOC(=O)c2ccccc2)O[C@@H](n2ccc3c(N)cc(Cl)cc32)C[C@@H]1O. The van der Waals surface area contributed by atoms with E-state index >= 15 is 0 Å². The van der Waals surface area contributed by atoms with E-state index < -0.39 is 23.9 Å². The number of esters is 1. The number of nitrogen functional groups attached to an aromatic ring is 1. The summed E-state index contributed by atoms with van der Waals surface area (Å²) in [6.07, 6.45) is 6.22. The zero-order valence-corrected chi connectivity index (χ0v) is 17.3. The topological polar surface area (TPSA) is 95.9 Å². The lowest BCUT2D eigenvalue weighted by molar-refractivity contribution is -0.128. The van der Waals surface area contributed by atoms with Crippen molar-refractivity contribution in [3.05, 3.63) is 65.3 Å². The Balaban J connectivity index is 1.43. The molecule has 0 saturated carbocycles. The Kier molecular flexibility index (Phi) is 5.90. The van der Waals surface area contributed by atoms with Crippen molar-refractivity contribution in [3.63, 3.8) is 0 Å². The second kappa shape index (κ2) is 8.61. The summed E-state index contributed by atoms with van der Waals surface area (Å²) in [5.41, 5.74) is 6.39. The normalized spacial score (nSPS) is 23.0. The highest BCUT2D eigenvalue weighted by atomic mass is 35.5. The van der Waals surface area contributed by atoms with Gasteiger partial charge in [-0.1, -0.05) is 35.7 Å². The molecule has 3 N–H and O–H groups in total. The minimum absolute atomic E-state index is 0.147. The summed E-state index contributed by atoms with van der Waals surface area (Å²) in [6, 6.07) is 13.9. The lowest BCUT2D eigenvalue weighted by Crippen LogP contribution is -2.42. The maximum Gasteiger partial charge on any atom is 0.340 e. The first kappa shape index (κ1) is 21.2. The molecular weight excluding hydrogens is 420 g/mol. The van der Waals surface area contributed by atoms with Crippen molar-refractivity contribution < 1.29 is 24.1 Å². The number of fused-ring (bicyclic) bond motifs is 1. The second-order valence-corrected chi connectivity index (χ2v) is 7.71. The molecule has 3 aromatic rings. The van der Waals surface area contributed by atoms with Crippen LogP contribution in [0.2, 0.25) is 5.02 Å². The third-order valence-electron chi connectivity index (χ3n) is 5.30. The molecule has 0 aliphatic carbocycles. The summed E-state index contributed by atoms with van der Waals surface area (Å²) in [5.74, 6) is 1.99. The highest BCUT2D eigenvalue weighted by Gasteiger charge is 2.48. The van der Waals surface area contributed by atoms with Crippen LogP contribution in [0.25, 0.3) is 10.9 Å². The number of nitrogens with two attached hydrogens (primary N) is 1. The van der Waals surface area contributed by atoms with Gasteiger partial charge in [-0.05, 0) is 30.3 Å². The van der Waals surface area contributed by atoms with Crippen LogP contribution < -0.4 is 5.73 Å². The number of anilines is 1. The van der Waals surface area contributed by atoms with Crippen LogP contribution in [0.1, 0.15) is 23.0 Å². The number of ether oxygens (including phenoxy) is 3. The first-order valence-corrected chi connectivity index (χ1v) is 10.0. The molecule has 1 aliphatic rings. The highest BCUT2D eigenvalue weighted by molar-refractivity contribution is 6.31. The molecule has 0 spiro atoms. The molecule has 0 bridgehead atoms. The Labute approximate surface area is 184 Å². The number of hydrogen-bond acceptors (Lipinski definition) is 6. The van der Waals surface area contributed by atoms with Crippen molar-refractivity contribution >= 4 is 34.2 Å². The molecule has 31 heavy (non-hydrogen) atoms. The van der Waals surface area contributed by atoms with Crippen molar-refractivity contribution in [1.29, 1.82) is 0 Å². The quantitative estimate of drug-likeness (QED) is 0.200. The van der Waals surface area contributed by atoms with Gasteiger partial charge in [-0.3, -0.25) is 0 Å². The molecule has 2 aromatic carbocycles. The molecule has 1 aromatic heterocycles. The smallest absolute Gasteiger partial charge is 0.340 e. The van der Waals surface area contributed by atoms with Crippen LogP contribution in [0, 0.1) is 12.3 Å². The maximum absolute atomic E-state index is 12.0. The van der Waals surface area contributed by atoms with Gasteiger partial charge in [-0.15, -0.1) is 6.42 Å². The Bertz CT molecular complexity index is 1140. The molecule has 2 heterocycles. The van der Waals surface area contributed by atoms with E-state index in [1.807, 2.05) is 16.8 Å². The highest BCUT2D eigenvalue weighted by Crippen LogP contribution is 2.39. The number of terminal acetylenes is 1. The monoisotopic (exact) mass is 440 g/mol. The fraction of sp³-hybridized carbons (Fsp3) is 0.261. The average Bonchev–Trinajstić information content (AvgIpc) is 3.33. The molecule has 1 fully saturated rings. The van der Waals surface area contributed by atoms with Gasteiger partial charge < -0.3 is 29.6 Å². The van der Waals surface area contributed by atoms with Crippen molar-refractivity contribution in [2.45, 2.75) is 24.4 Å². The Morgan fingerprint density at radius 1 is 1.35 bits per heavy atom. The first-order valence-electron chi connectivity index (χ1n) is 9.62. The van der Waals surface area contributed by atoms with E-state index in [2.05, 4.69) is 5.92 Å². The molecule has 1 aliphatic heterocycles. The number of carbonyl (C=O) groups is 1. The molecule has 3 atom stereocenters. The van der Waals surface area contributed by atoms with Crippen LogP contribution in [0.3, 0.4) is 0 Å². The summed E-state index contributed by atoms with van der Waals surface area (Å²) in [6.45, 7) is -0.470. The number of carbonyl (C=O) groups excluding carboxylic acids is 1. The minimum Gasteiger partial charge on any atom is -0.435 e. The fourth-order valence-electron chi connectivity index (χ4n) is 3.67. The first-order chi connectivity index (χ1) is 14.9. The van der Waals surface area contributed by atoms with Gasteiger partial charge in [0, 0.05) is 28.7 Å². The maximum atomic E-state index is 12.0. The van der Waals surface area contributed by atoms with Crippen LogP contribution in [0.5, 0.6) is 0 Å². The van der Waals surface area contributed by atoms with Gasteiger partial charge in [0.2, 0.25) is 0 Å². The van der Waals surface area contributed by atoms with Gasteiger partial charge in [-0.2, -0.15) is 0 Å². The van der Waals surface area contributed by atoms with E-state index in [0.29, 0.717) is 16.3 Å². The van der Waals surface area contributed by atoms with E-state index in [1.54, 1.807) is 42.5 Å². The third-order valence-corrected chi connectivity index (χ3v) is 5.52. The zero-order valence-electron chi connectivity index (χ0n) is 16.5. The third kappa shape index (κ3) is 4.11. The Morgan fingerprint density at radius 2 is 2.13 bits per heavy atom. The lowest BCUT2D eigenvalue weighted by Gasteiger charge is -2.26. The standard InChI is InChI=1S/C23H21ClN2O5/c1-2-23(13-29-14-30-22(28)15-6-4-3-5-7-15)20(27)12-21(31-23)26-9-8-17-18(25)10-16(24)11-19(17)26/h1,3-11,20-21,27H,12-14,25H2/t20-,21+,23+/m0/s1. The van der Waals surface area contributed by atoms with Gasteiger partial charge in [0.05, 0.1) is 17.7 Å². The van der Waals surface area contributed by atoms with Crippen LogP contribution in [0.15, 0.2) is 54.7 Å². The van der Waals surface area contributed by atoms with E-state index in [9.17, 15) is 9.90 Å². The molecule has 160 valence electrons. The van der Waals surface area contributed by atoms with Crippen LogP contribution in [-0.4, -0.2) is 40.7 Å². The van der Waals surface area contributed by atoms with E-state index in [-0.39, 0.29) is 19.8 Å². The number of aliphatic hydroxyl groups is 1. The molecule has 0 amide bonds. The largest absolute Gasteiger partial charge is 0.435 e. The summed E-state index contributed by atoms with van der Waals surface area (Å²) in [7, 11) is 0. The number of rotatable bonds is 6. The number of hydrogen-bond donors (Lipinski definition) is 2. The summed E-state index contributed by atoms with van der Waals surface area (Å²) < 4.78 is 18.4. The van der Waals surface area contributed by atoms with Crippen LogP contribution in [-0.2, 0) is 14.2 Å².